The summed E-state index contributed by atoms with van der Waals surface area (Å²) in [6.07, 6.45) is 3.09. The number of aromatic nitrogens is 1. The monoisotopic (exact) mass is 371 g/mol. The lowest BCUT2D eigenvalue weighted by atomic mass is 10.1. The van der Waals surface area contributed by atoms with Crippen LogP contribution in [0.15, 0.2) is 35.7 Å². The Balaban J connectivity index is 1.92. The minimum absolute atomic E-state index is 0.135. The summed E-state index contributed by atoms with van der Waals surface area (Å²) in [5.41, 5.74) is 3.08. The third-order valence-corrected chi connectivity index (χ3v) is 5.14. The topological polar surface area (TPSA) is 57.0 Å². The molecule has 0 aliphatic carbocycles. The van der Waals surface area contributed by atoms with Gasteiger partial charge < -0.3 is 13.9 Å². The molecule has 3 aromatic rings. The molecule has 0 spiro atoms. The fourth-order valence-electron chi connectivity index (χ4n) is 2.82. The van der Waals surface area contributed by atoms with Crippen molar-refractivity contribution in [1.29, 1.82) is 0 Å². The second-order valence-electron chi connectivity index (χ2n) is 5.94. The molecule has 0 atom stereocenters. The normalized spacial score (nSPS) is 10.8. The first kappa shape index (κ1) is 18.2. The molecule has 5 nitrogen and oxygen atoms in total. The highest BCUT2D eigenvalue weighted by Gasteiger charge is 2.17. The molecular formula is C20H21NO4S. The Kier molecular flexibility index (Phi) is 5.73. The zero-order valence-corrected chi connectivity index (χ0v) is 15.7. The third kappa shape index (κ3) is 3.65. The highest BCUT2D eigenvalue weighted by molar-refractivity contribution is 7.15. The number of esters is 1. The van der Waals surface area contributed by atoms with E-state index in [1.807, 2.05) is 40.1 Å². The molecule has 0 unspecified atom stereocenters. The summed E-state index contributed by atoms with van der Waals surface area (Å²) in [7, 11) is 1.36. The second kappa shape index (κ2) is 8.19. The number of benzene rings is 1. The van der Waals surface area contributed by atoms with E-state index in [9.17, 15) is 9.59 Å². The molecule has 0 N–H and O–H groups in total. The minimum Gasteiger partial charge on any atom is -0.494 e. The molecule has 136 valence electrons. The minimum atomic E-state index is -0.328. The summed E-state index contributed by atoms with van der Waals surface area (Å²) >= 11 is 1.50. The largest absolute Gasteiger partial charge is 0.494 e. The second-order valence-corrected chi connectivity index (χ2v) is 6.83. The first-order valence-electron chi connectivity index (χ1n) is 8.55. The maximum atomic E-state index is 11.8. The van der Waals surface area contributed by atoms with Gasteiger partial charge in [-0.15, -0.1) is 11.3 Å². The Bertz CT molecular complexity index is 908. The van der Waals surface area contributed by atoms with E-state index in [0.717, 1.165) is 46.5 Å². The van der Waals surface area contributed by atoms with E-state index >= 15 is 0 Å². The van der Waals surface area contributed by atoms with Gasteiger partial charge in [0, 0.05) is 16.6 Å². The van der Waals surface area contributed by atoms with Crippen molar-refractivity contribution in [1.82, 2.24) is 4.40 Å². The zero-order chi connectivity index (χ0) is 18.5. The molecule has 0 bridgehead atoms. The predicted octanol–water partition coefficient (Wildman–Crippen LogP) is 4.37. The van der Waals surface area contributed by atoms with Gasteiger partial charge >= 0.3 is 5.97 Å². The van der Waals surface area contributed by atoms with Crippen molar-refractivity contribution in [2.45, 2.75) is 26.2 Å². The van der Waals surface area contributed by atoms with E-state index < -0.39 is 0 Å². The Hall–Kier alpha value is -2.60. The maximum absolute atomic E-state index is 11.8. The SMILES string of the molecule is CCCCOc1ccc(-c2cc3scc(CC(=O)OC)n3c2C=O)cc1. The molecule has 0 amide bonds. The van der Waals surface area contributed by atoms with Crippen molar-refractivity contribution in [3.05, 3.63) is 47.1 Å². The van der Waals surface area contributed by atoms with Crippen LogP contribution >= 0.6 is 11.3 Å². The Labute approximate surface area is 156 Å². The molecule has 1 aromatic carbocycles. The van der Waals surface area contributed by atoms with E-state index in [4.69, 9.17) is 9.47 Å². The fraction of sp³-hybridized carbons (Fsp3) is 0.300. The van der Waals surface area contributed by atoms with Gasteiger partial charge in [-0.2, -0.15) is 0 Å². The van der Waals surface area contributed by atoms with Gasteiger partial charge in [-0.3, -0.25) is 9.59 Å². The van der Waals surface area contributed by atoms with Crippen LogP contribution in [0.4, 0.5) is 0 Å². The molecule has 6 heteroatoms. The van der Waals surface area contributed by atoms with Gasteiger partial charge in [0.15, 0.2) is 6.29 Å². The molecule has 3 rings (SSSR count). The number of methoxy groups -OCH3 is 1. The maximum Gasteiger partial charge on any atom is 0.311 e. The number of nitrogens with zero attached hydrogens (tertiary/aromatic N) is 1. The Morgan fingerprint density at radius 2 is 2.04 bits per heavy atom. The molecule has 0 radical (unpaired) electrons. The number of hydrogen-bond acceptors (Lipinski definition) is 5. The lowest BCUT2D eigenvalue weighted by Crippen LogP contribution is -2.07. The summed E-state index contributed by atoms with van der Waals surface area (Å²) in [5.74, 6) is 0.493. The molecule has 0 aliphatic rings. The molecular weight excluding hydrogens is 350 g/mol. The van der Waals surface area contributed by atoms with Crippen molar-refractivity contribution in [3.8, 4) is 16.9 Å². The molecule has 2 aromatic heterocycles. The molecule has 0 aliphatic heterocycles. The number of rotatable bonds is 8. The summed E-state index contributed by atoms with van der Waals surface area (Å²) in [6, 6.07) is 9.71. The molecule has 0 saturated heterocycles. The van der Waals surface area contributed by atoms with E-state index in [2.05, 4.69) is 6.92 Å². The molecule has 26 heavy (non-hydrogen) atoms. The number of thiazole rings is 1. The Morgan fingerprint density at radius 1 is 1.27 bits per heavy atom. The Morgan fingerprint density at radius 3 is 2.69 bits per heavy atom. The van der Waals surface area contributed by atoms with E-state index in [1.54, 1.807) is 0 Å². The predicted molar refractivity (Wildman–Crippen MR) is 102 cm³/mol. The number of unbranched alkanes of at least 4 members (excludes halogenated alkanes) is 1. The smallest absolute Gasteiger partial charge is 0.311 e. The van der Waals surface area contributed by atoms with Gasteiger partial charge in [-0.1, -0.05) is 25.5 Å². The number of aldehydes is 1. The lowest BCUT2D eigenvalue weighted by molar-refractivity contribution is -0.139. The van der Waals surface area contributed by atoms with Crippen LogP contribution in [0.25, 0.3) is 16.0 Å². The molecule has 0 saturated carbocycles. The van der Waals surface area contributed by atoms with Crippen LogP contribution < -0.4 is 4.74 Å². The van der Waals surface area contributed by atoms with Gasteiger partial charge in [-0.25, -0.2) is 0 Å². The van der Waals surface area contributed by atoms with Crippen LogP contribution in [0.1, 0.15) is 35.9 Å². The average Bonchev–Trinajstić information content (AvgIpc) is 3.22. The fourth-order valence-corrected chi connectivity index (χ4v) is 3.77. The van der Waals surface area contributed by atoms with Crippen molar-refractivity contribution >= 4 is 28.4 Å². The first-order valence-corrected chi connectivity index (χ1v) is 9.43. The van der Waals surface area contributed by atoms with E-state index in [0.29, 0.717) is 12.3 Å². The van der Waals surface area contributed by atoms with Crippen molar-refractivity contribution in [2.75, 3.05) is 13.7 Å². The van der Waals surface area contributed by atoms with Crippen LogP contribution in [0.5, 0.6) is 5.75 Å². The van der Waals surface area contributed by atoms with Crippen molar-refractivity contribution in [3.63, 3.8) is 0 Å². The molecule has 2 heterocycles. The molecule has 0 fully saturated rings. The number of carbonyl (C=O) groups is 2. The third-order valence-electron chi connectivity index (χ3n) is 4.20. The lowest BCUT2D eigenvalue weighted by Gasteiger charge is -2.07. The number of fused-ring (bicyclic) bond motifs is 1. The van der Waals surface area contributed by atoms with Gasteiger partial charge in [0.1, 0.15) is 10.6 Å². The number of hydrogen-bond donors (Lipinski definition) is 0. The standard InChI is InChI=1S/C20H21NO4S/c1-3-4-9-25-16-7-5-14(6-8-16)17-11-19-21(18(17)12-22)15(13-26-19)10-20(23)24-2/h5-8,11-13H,3-4,9-10H2,1-2H3. The van der Waals surface area contributed by atoms with Crippen LogP contribution in [-0.4, -0.2) is 30.4 Å². The quantitative estimate of drug-likeness (QED) is 0.335. The summed E-state index contributed by atoms with van der Waals surface area (Å²) < 4.78 is 12.3. The van der Waals surface area contributed by atoms with E-state index in [-0.39, 0.29) is 12.4 Å². The van der Waals surface area contributed by atoms with E-state index in [1.165, 1.54) is 18.4 Å². The van der Waals surface area contributed by atoms with Crippen LogP contribution in [0.3, 0.4) is 0 Å². The number of carbonyl (C=O) groups excluding carboxylic acids is 2. The van der Waals surface area contributed by atoms with Crippen molar-refractivity contribution in [2.24, 2.45) is 0 Å². The summed E-state index contributed by atoms with van der Waals surface area (Å²) in [6.45, 7) is 2.83. The zero-order valence-electron chi connectivity index (χ0n) is 14.9. The van der Waals surface area contributed by atoms with Gasteiger partial charge in [-0.05, 0) is 30.2 Å². The summed E-state index contributed by atoms with van der Waals surface area (Å²) in [4.78, 5) is 24.3. The van der Waals surface area contributed by atoms with Gasteiger partial charge in [0.05, 0.1) is 25.8 Å². The van der Waals surface area contributed by atoms with Gasteiger partial charge in [0.2, 0.25) is 0 Å². The highest BCUT2D eigenvalue weighted by atomic mass is 32.1. The summed E-state index contributed by atoms with van der Waals surface area (Å²) in [5, 5.41) is 1.88. The van der Waals surface area contributed by atoms with Gasteiger partial charge in [0.25, 0.3) is 0 Å². The van der Waals surface area contributed by atoms with Crippen molar-refractivity contribution < 1.29 is 19.1 Å². The first-order chi connectivity index (χ1) is 12.7. The highest BCUT2D eigenvalue weighted by Crippen LogP contribution is 2.32. The van der Waals surface area contributed by atoms with Crippen LogP contribution in [0, 0.1) is 0 Å². The van der Waals surface area contributed by atoms with Crippen LogP contribution in [-0.2, 0) is 16.0 Å². The average molecular weight is 371 g/mol. The van der Waals surface area contributed by atoms with Crippen LogP contribution in [0.2, 0.25) is 0 Å². The number of ether oxygens (including phenoxy) is 2.